The minimum atomic E-state index is -4.30. The van der Waals surface area contributed by atoms with Crippen LogP contribution in [0.4, 0.5) is 18.9 Å². The molecule has 1 aliphatic carbocycles. The van der Waals surface area contributed by atoms with Crippen LogP contribution in [0.2, 0.25) is 0 Å². The van der Waals surface area contributed by atoms with Gasteiger partial charge in [0.05, 0.1) is 5.56 Å². The third-order valence-electron chi connectivity index (χ3n) is 4.06. The molecule has 3 atom stereocenters. The number of benzene rings is 1. The summed E-state index contributed by atoms with van der Waals surface area (Å²) >= 11 is 0. The van der Waals surface area contributed by atoms with Crippen LogP contribution in [-0.4, -0.2) is 19.1 Å². The Bertz CT molecular complexity index is 458. The largest absolute Gasteiger partial charge is 0.418 e. The Morgan fingerprint density at radius 2 is 2.00 bits per heavy atom. The van der Waals surface area contributed by atoms with Crippen LogP contribution in [0.5, 0.6) is 0 Å². The lowest BCUT2D eigenvalue weighted by Crippen LogP contribution is -2.39. The first kappa shape index (κ1) is 11.8. The van der Waals surface area contributed by atoms with Gasteiger partial charge in [-0.2, -0.15) is 13.2 Å². The lowest BCUT2D eigenvalue weighted by atomic mass is 10.1. The van der Waals surface area contributed by atoms with Gasteiger partial charge in [-0.1, -0.05) is 12.1 Å². The Balaban J connectivity index is 1.97. The number of fused-ring (bicyclic) bond motifs is 1. The van der Waals surface area contributed by atoms with Gasteiger partial charge in [-0.05, 0) is 30.4 Å². The quantitative estimate of drug-likeness (QED) is 0.880. The van der Waals surface area contributed by atoms with Crippen molar-refractivity contribution in [2.24, 2.45) is 17.6 Å². The summed E-state index contributed by atoms with van der Waals surface area (Å²) in [4.78, 5) is 1.85. The fourth-order valence-corrected chi connectivity index (χ4v) is 3.11. The zero-order chi connectivity index (χ0) is 12.9. The minimum Gasteiger partial charge on any atom is -0.366 e. The van der Waals surface area contributed by atoms with Crippen LogP contribution in [-0.2, 0) is 6.18 Å². The number of anilines is 1. The highest BCUT2D eigenvalue weighted by Gasteiger charge is 2.52. The van der Waals surface area contributed by atoms with Crippen LogP contribution >= 0.6 is 0 Å². The Morgan fingerprint density at radius 3 is 2.67 bits per heavy atom. The second-order valence-corrected chi connectivity index (χ2v) is 5.13. The van der Waals surface area contributed by atoms with E-state index in [1.807, 2.05) is 4.90 Å². The van der Waals surface area contributed by atoms with E-state index in [4.69, 9.17) is 5.73 Å². The molecule has 2 nitrogen and oxygen atoms in total. The van der Waals surface area contributed by atoms with Crippen molar-refractivity contribution in [3.05, 3.63) is 29.8 Å². The van der Waals surface area contributed by atoms with Crippen molar-refractivity contribution < 1.29 is 13.2 Å². The van der Waals surface area contributed by atoms with Gasteiger partial charge in [0.2, 0.25) is 0 Å². The second-order valence-electron chi connectivity index (χ2n) is 5.13. The summed E-state index contributed by atoms with van der Waals surface area (Å²) in [7, 11) is 0. The van der Waals surface area contributed by atoms with Crippen LogP contribution in [0.25, 0.3) is 0 Å². The molecule has 0 amide bonds. The van der Waals surface area contributed by atoms with Gasteiger partial charge in [0, 0.05) is 24.8 Å². The zero-order valence-corrected chi connectivity index (χ0v) is 9.82. The van der Waals surface area contributed by atoms with E-state index in [9.17, 15) is 13.2 Å². The number of hydrogen-bond acceptors (Lipinski definition) is 2. The van der Waals surface area contributed by atoms with Crippen molar-refractivity contribution >= 4 is 5.69 Å². The van der Waals surface area contributed by atoms with Crippen molar-refractivity contribution in [3.8, 4) is 0 Å². The number of hydrogen-bond donors (Lipinski definition) is 1. The fourth-order valence-electron chi connectivity index (χ4n) is 3.11. The maximum atomic E-state index is 13.0. The summed E-state index contributed by atoms with van der Waals surface area (Å²) in [6, 6.07) is 5.85. The van der Waals surface area contributed by atoms with Crippen molar-refractivity contribution in [1.82, 2.24) is 0 Å². The molecule has 3 rings (SSSR count). The van der Waals surface area contributed by atoms with Gasteiger partial charge in [-0.3, -0.25) is 0 Å². The summed E-state index contributed by atoms with van der Waals surface area (Å²) in [5.74, 6) is 1.04. The summed E-state index contributed by atoms with van der Waals surface area (Å²) in [5.41, 5.74) is 5.45. The molecule has 2 aliphatic rings. The summed E-state index contributed by atoms with van der Waals surface area (Å²) < 4.78 is 38.9. The number of rotatable bonds is 2. The van der Waals surface area contributed by atoms with E-state index in [1.54, 1.807) is 12.1 Å². The lowest BCUT2D eigenvalue weighted by molar-refractivity contribution is -0.137. The smallest absolute Gasteiger partial charge is 0.366 e. The molecule has 0 bridgehead atoms. The molecular formula is C13H15F3N2. The molecule has 1 heterocycles. The molecular weight excluding hydrogens is 241 g/mol. The number of piperidine rings is 1. The normalized spacial score (nSPS) is 30.4. The number of halogens is 3. The van der Waals surface area contributed by atoms with E-state index in [1.165, 1.54) is 6.07 Å². The second kappa shape index (κ2) is 3.88. The first-order chi connectivity index (χ1) is 8.52. The molecule has 2 fully saturated rings. The van der Waals surface area contributed by atoms with Gasteiger partial charge < -0.3 is 10.6 Å². The molecule has 2 N–H and O–H groups in total. The average molecular weight is 256 g/mol. The van der Waals surface area contributed by atoms with E-state index in [0.29, 0.717) is 24.9 Å². The third kappa shape index (κ3) is 1.77. The maximum absolute atomic E-state index is 13.0. The van der Waals surface area contributed by atoms with Gasteiger partial charge in [-0.15, -0.1) is 0 Å². The van der Waals surface area contributed by atoms with Crippen molar-refractivity contribution in [1.29, 1.82) is 0 Å². The van der Waals surface area contributed by atoms with Crippen LogP contribution in [0.1, 0.15) is 12.0 Å². The predicted octanol–water partition coefficient (Wildman–Crippen LogP) is 2.49. The van der Waals surface area contributed by atoms with Crippen molar-refractivity contribution in [2.75, 3.05) is 18.0 Å². The van der Waals surface area contributed by atoms with E-state index in [2.05, 4.69) is 0 Å². The van der Waals surface area contributed by atoms with E-state index >= 15 is 0 Å². The standard InChI is InChI=1S/C13H15F3N2/c14-13(15,16)10-3-1-2-4-11(10)18-7-8-5-9(8)12(18)6-17/h1-4,8-9,12H,5-7,17H2. The van der Waals surface area contributed by atoms with Gasteiger partial charge in [0.25, 0.3) is 0 Å². The maximum Gasteiger partial charge on any atom is 0.418 e. The van der Waals surface area contributed by atoms with Crippen LogP contribution in [0, 0.1) is 11.8 Å². The molecule has 1 aromatic rings. The molecule has 18 heavy (non-hydrogen) atoms. The zero-order valence-electron chi connectivity index (χ0n) is 9.82. The molecule has 3 unspecified atom stereocenters. The van der Waals surface area contributed by atoms with E-state index in [0.717, 1.165) is 12.5 Å². The monoisotopic (exact) mass is 256 g/mol. The average Bonchev–Trinajstić information content (AvgIpc) is 3.00. The molecule has 5 heteroatoms. The van der Waals surface area contributed by atoms with Gasteiger partial charge in [-0.25, -0.2) is 0 Å². The number of alkyl halides is 3. The molecule has 1 aliphatic heterocycles. The Kier molecular flexibility index (Phi) is 2.55. The Morgan fingerprint density at radius 1 is 1.28 bits per heavy atom. The molecule has 1 aromatic carbocycles. The summed E-state index contributed by atoms with van der Waals surface area (Å²) in [5, 5.41) is 0. The van der Waals surface area contributed by atoms with E-state index < -0.39 is 11.7 Å². The number of para-hydroxylation sites is 1. The Labute approximate surface area is 104 Å². The van der Waals surface area contributed by atoms with Crippen LogP contribution < -0.4 is 10.6 Å². The first-order valence-electron chi connectivity index (χ1n) is 6.15. The van der Waals surface area contributed by atoms with Gasteiger partial charge >= 0.3 is 6.18 Å². The number of nitrogens with two attached hydrogens (primary N) is 1. The Hall–Kier alpha value is -1.23. The number of nitrogens with zero attached hydrogens (tertiary/aromatic N) is 1. The molecule has 1 saturated heterocycles. The molecule has 1 saturated carbocycles. The molecule has 0 radical (unpaired) electrons. The van der Waals surface area contributed by atoms with Crippen LogP contribution in [0.15, 0.2) is 24.3 Å². The van der Waals surface area contributed by atoms with Gasteiger partial charge in [0.15, 0.2) is 0 Å². The lowest BCUT2D eigenvalue weighted by Gasteiger charge is -2.31. The van der Waals surface area contributed by atoms with Crippen LogP contribution in [0.3, 0.4) is 0 Å². The van der Waals surface area contributed by atoms with Crippen molar-refractivity contribution in [3.63, 3.8) is 0 Å². The highest BCUT2D eigenvalue weighted by Crippen LogP contribution is 2.51. The third-order valence-corrected chi connectivity index (χ3v) is 4.06. The first-order valence-corrected chi connectivity index (χ1v) is 6.15. The van der Waals surface area contributed by atoms with Gasteiger partial charge in [0.1, 0.15) is 0 Å². The topological polar surface area (TPSA) is 29.3 Å². The highest BCUT2D eigenvalue weighted by molar-refractivity contribution is 5.57. The summed E-state index contributed by atoms with van der Waals surface area (Å²) in [6.45, 7) is 1.13. The molecule has 0 aromatic heterocycles. The highest BCUT2D eigenvalue weighted by atomic mass is 19.4. The fraction of sp³-hybridized carbons (Fsp3) is 0.538. The van der Waals surface area contributed by atoms with Crippen molar-refractivity contribution in [2.45, 2.75) is 18.6 Å². The molecule has 0 spiro atoms. The SMILES string of the molecule is NCC1C2CC2CN1c1ccccc1C(F)(F)F. The minimum absolute atomic E-state index is 0.0681. The van der Waals surface area contributed by atoms with E-state index in [-0.39, 0.29) is 11.7 Å². The molecule has 98 valence electrons. The predicted molar refractivity (Wildman–Crippen MR) is 63.2 cm³/mol. The summed E-state index contributed by atoms with van der Waals surface area (Å²) in [6.07, 6.45) is -3.19.